The van der Waals surface area contributed by atoms with Crippen molar-refractivity contribution in [3.05, 3.63) is 35.8 Å². The molecule has 0 aliphatic carbocycles. The Morgan fingerprint density at radius 1 is 1.26 bits per heavy atom. The molecule has 3 N–H and O–H groups in total. The van der Waals surface area contributed by atoms with E-state index < -0.39 is 0 Å². The predicted octanol–water partition coefficient (Wildman–Crippen LogP) is 2.50. The lowest BCUT2D eigenvalue weighted by Gasteiger charge is -2.24. The summed E-state index contributed by atoms with van der Waals surface area (Å²) in [6, 6.07) is 6.20. The molecule has 0 saturated carbocycles. The molecule has 118 valence electrons. The molecule has 0 bridgehead atoms. The van der Waals surface area contributed by atoms with Gasteiger partial charge in [0.25, 0.3) is 0 Å². The van der Waals surface area contributed by atoms with Gasteiger partial charge < -0.3 is 15.8 Å². The summed E-state index contributed by atoms with van der Waals surface area (Å²) in [5.74, 6) is 0.623. The smallest absolute Gasteiger partial charge is 0.144 e. The first-order chi connectivity index (χ1) is 11.2. The van der Waals surface area contributed by atoms with Gasteiger partial charge in [0.15, 0.2) is 0 Å². The van der Waals surface area contributed by atoms with E-state index in [2.05, 4.69) is 21.4 Å². The Labute approximate surface area is 135 Å². The van der Waals surface area contributed by atoms with Crippen molar-refractivity contribution in [1.82, 2.24) is 9.97 Å². The third-order valence-corrected chi connectivity index (χ3v) is 3.99. The monoisotopic (exact) mass is 309 g/mol. The Kier molecular flexibility index (Phi) is 4.40. The van der Waals surface area contributed by atoms with E-state index in [1.807, 2.05) is 19.1 Å². The SMILES string of the molecule is Cc1ncc(N)cc1-c1cnc(NC2CCOCC2)c(C#N)c1. The van der Waals surface area contributed by atoms with Crippen LogP contribution < -0.4 is 11.1 Å². The van der Waals surface area contributed by atoms with Crippen LogP contribution in [0.1, 0.15) is 24.1 Å². The van der Waals surface area contributed by atoms with Crippen LogP contribution in [0.5, 0.6) is 0 Å². The molecule has 23 heavy (non-hydrogen) atoms. The molecule has 1 fully saturated rings. The molecular weight excluding hydrogens is 290 g/mol. The van der Waals surface area contributed by atoms with Crippen molar-refractivity contribution < 1.29 is 4.74 Å². The number of nitrogen functional groups attached to an aromatic ring is 1. The summed E-state index contributed by atoms with van der Waals surface area (Å²) in [5, 5.41) is 12.8. The zero-order valence-electron chi connectivity index (χ0n) is 13.0. The van der Waals surface area contributed by atoms with E-state index in [0.717, 1.165) is 42.9 Å². The lowest BCUT2D eigenvalue weighted by molar-refractivity contribution is 0.0904. The minimum atomic E-state index is 0.296. The van der Waals surface area contributed by atoms with Crippen LogP contribution in [0.15, 0.2) is 24.5 Å². The van der Waals surface area contributed by atoms with Gasteiger partial charge in [-0.15, -0.1) is 0 Å². The summed E-state index contributed by atoms with van der Waals surface area (Å²) >= 11 is 0. The minimum absolute atomic E-state index is 0.296. The van der Waals surface area contributed by atoms with Crippen LogP contribution in [0.3, 0.4) is 0 Å². The molecule has 6 nitrogen and oxygen atoms in total. The summed E-state index contributed by atoms with van der Waals surface area (Å²) in [6.07, 6.45) is 5.23. The Morgan fingerprint density at radius 2 is 2.04 bits per heavy atom. The molecule has 0 atom stereocenters. The summed E-state index contributed by atoms with van der Waals surface area (Å²) in [5.41, 5.74) is 9.53. The van der Waals surface area contributed by atoms with Gasteiger partial charge in [-0.2, -0.15) is 5.26 Å². The number of nitrogens with zero attached hydrogens (tertiary/aromatic N) is 3. The van der Waals surface area contributed by atoms with Gasteiger partial charge in [-0.3, -0.25) is 4.98 Å². The third kappa shape index (κ3) is 3.41. The lowest BCUT2D eigenvalue weighted by Crippen LogP contribution is -2.28. The van der Waals surface area contributed by atoms with E-state index in [9.17, 15) is 5.26 Å². The van der Waals surface area contributed by atoms with Crippen molar-refractivity contribution in [3.63, 3.8) is 0 Å². The molecular formula is C17H19N5O. The molecule has 0 spiro atoms. The molecule has 2 aromatic rings. The maximum absolute atomic E-state index is 9.45. The van der Waals surface area contributed by atoms with E-state index in [1.165, 1.54) is 0 Å². The average molecular weight is 309 g/mol. The normalized spacial score (nSPS) is 15.1. The minimum Gasteiger partial charge on any atom is -0.397 e. The number of aryl methyl sites for hydroxylation is 1. The standard InChI is InChI=1S/C17H19N5O/c1-11-16(7-14(19)10-20-11)13-6-12(8-18)17(21-9-13)22-15-2-4-23-5-3-15/h6-7,9-10,15H,2-5,19H2,1H3,(H,21,22). The second-order valence-electron chi connectivity index (χ2n) is 5.66. The van der Waals surface area contributed by atoms with Gasteiger partial charge in [-0.05, 0) is 31.9 Å². The van der Waals surface area contributed by atoms with Crippen molar-refractivity contribution in [2.45, 2.75) is 25.8 Å². The molecule has 0 aromatic carbocycles. The second kappa shape index (κ2) is 6.63. The molecule has 3 heterocycles. The third-order valence-electron chi connectivity index (χ3n) is 3.99. The number of anilines is 2. The Bertz CT molecular complexity index is 747. The maximum Gasteiger partial charge on any atom is 0.144 e. The molecule has 1 aliphatic rings. The van der Waals surface area contributed by atoms with E-state index in [4.69, 9.17) is 10.5 Å². The van der Waals surface area contributed by atoms with Crippen LogP contribution in [-0.4, -0.2) is 29.2 Å². The van der Waals surface area contributed by atoms with Crippen LogP contribution in [0.4, 0.5) is 11.5 Å². The highest BCUT2D eigenvalue weighted by molar-refractivity contribution is 5.71. The first kappa shape index (κ1) is 15.3. The van der Waals surface area contributed by atoms with Gasteiger partial charge in [-0.1, -0.05) is 0 Å². The van der Waals surface area contributed by atoms with Gasteiger partial charge >= 0.3 is 0 Å². The molecule has 1 saturated heterocycles. The summed E-state index contributed by atoms with van der Waals surface area (Å²) in [4.78, 5) is 8.71. The molecule has 3 rings (SSSR count). The molecule has 0 radical (unpaired) electrons. The summed E-state index contributed by atoms with van der Waals surface area (Å²) < 4.78 is 5.35. The number of aromatic nitrogens is 2. The number of hydrogen-bond donors (Lipinski definition) is 2. The van der Waals surface area contributed by atoms with Gasteiger partial charge in [-0.25, -0.2) is 4.98 Å². The number of hydrogen-bond acceptors (Lipinski definition) is 6. The van der Waals surface area contributed by atoms with Gasteiger partial charge in [0.2, 0.25) is 0 Å². The number of pyridine rings is 2. The number of nitriles is 1. The van der Waals surface area contributed by atoms with Crippen LogP contribution >= 0.6 is 0 Å². The molecule has 6 heteroatoms. The van der Waals surface area contributed by atoms with Crippen molar-refractivity contribution in [3.8, 4) is 17.2 Å². The van der Waals surface area contributed by atoms with Crippen molar-refractivity contribution in [2.75, 3.05) is 24.3 Å². The number of nitrogens with one attached hydrogen (secondary N) is 1. The van der Waals surface area contributed by atoms with E-state index in [-0.39, 0.29) is 0 Å². The van der Waals surface area contributed by atoms with Crippen LogP contribution in [0.25, 0.3) is 11.1 Å². The highest BCUT2D eigenvalue weighted by Gasteiger charge is 2.16. The fourth-order valence-electron chi connectivity index (χ4n) is 2.69. The second-order valence-corrected chi connectivity index (χ2v) is 5.66. The fraction of sp³-hybridized carbons (Fsp3) is 0.353. The van der Waals surface area contributed by atoms with Gasteiger partial charge in [0.1, 0.15) is 11.9 Å². The highest BCUT2D eigenvalue weighted by atomic mass is 16.5. The lowest BCUT2D eigenvalue weighted by atomic mass is 10.0. The Hall–Kier alpha value is -2.65. The summed E-state index contributed by atoms with van der Waals surface area (Å²) in [7, 11) is 0. The van der Waals surface area contributed by atoms with Gasteiger partial charge in [0, 0.05) is 42.3 Å². The van der Waals surface area contributed by atoms with E-state index in [0.29, 0.717) is 23.1 Å². The first-order valence-corrected chi connectivity index (χ1v) is 7.64. The molecule has 2 aromatic heterocycles. The Morgan fingerprint density at radius 3 is 2.78 bits per heavy atom. The van der Waals surface area contributed by atoms with E-state index >= 15 is 0 Å². The zero-order chi connectivity index (χ0) is 16.2. The van der Waals surface area contributed by atoms with Gasteiger partial charge in [0.05, 0.1) is 17.4 Å². The van der Waals surface area contributed by atoms with Crippen LogP contribution in [-0.2, 0) is 4.74 Å². The number of ether oxygens (including phenoxy) is 1. The Balaban J connectivity index is 1.90. The summed E-state index contributed by atoms with van der Waals surface area (Å²) in [6.45, 7) is 3.40. The molecule has 0 unspecified atom stereocenters. The number of rotatable bonds is 3. The topological polar surface area (TPSA) is 96.8 Å². The van der Waals surface area contributed by atoms with E-state index in [1.54, 1.807) is 12.4 Å². The number of nitrogens with two attached hydrogens (primary N) is 1. The fourth-order valence-corrected chi connectivity index (χ4v) is 2.69. The largest absolute Gasteiger partial charge is 0.397 e. The van der Waals surface area contributed by atoms with Crippen LogP contribution in [0, 0.1) is 18.3 Å². The maximum atomic E-state index is 9.45. The predicted molar refractivity (Wildman–Crippen MR) is 88.8 cm³/mol. The van der Waals surface area contributed by atoms with Crippen molar-refractivity contribution in [2.24, 2.45) is 0 Å². The van der Waals surface area contributed by atoms with Crippen LogP contribution in [0.2, 0.25) is 0 Å². The molecule has 1 aliphatic heterocycles. The van der Waals surface area contributed by atoms with Crippen molar-refractivity contribution in [1.29, 1.82) is 5.26 Å². The highest BCUT2D eigenvalue weighted by Crippen LogP contribution is 2.27. The zero-order valence-corrected chi connectivity index (χ0v) is 13.0. The quantitative estimate of drug-likeness (QED) is 0.904. The molecule has 0 amide bonds. The van der Waals surface area contributed by atoms with Crippen molar-refractivity contribution >= 4 is 11.5 Å². The first-order valence-electron chi connectivity index (χ1n) is 7.64. The average Bonchev–Trinajstić information content (AvgIpc) is 2.58.